The third-order valence-corrected chi connectivity index (χ3v) is 6.52. The summed E-state index contributed by atoms with van der Waals surface area (Å²) < 4.78 is 21.5. The van der Waals surface area contributed by atoms with Crippen molar-refractivity contribution in [3.05, 3.63) is 66.4 Å². The fourth-order valence-electron chi connectivity index (χ4n) is 4.56. The highest BCUT2D eigenvalue weighted by Crippen LogP contribution is 2.28. The van der Waals surface area contributed by atoms with Crippen molar-refractivity contribution in [1.82, 2.24) is 19.7 Å². The molecule has 0 aliphatic carbocycles. The first-order valence-electron chi connectivity index (χ1n) is 12.4. The number of carbonyl (C=O) groups is 1. The number of anilines is 3. The number of aliphatic hydroxyl groups is 1. The maximum atomic E-state index is 14.9. The van der Waals surface area contributed by atoms with Crippen molar-refractivity contribution in [3.8, 4) is 5.69 Å². The van der Waals surface area contributed by atoms with Crippen LogP contribution < -0.4 is 10.2 Å². The van der Waals surface area contributed by atoms with E-state index in [-0.39, 0.29) is 12.6 Å². The Bertz CT molecular complexity index is 1400. The largest absolute Gasteiger partial charge is 0.466 e. The van der Waals surface area contributed by atoms with Gasteiger partial charge in [-0.15, -0.1) is 0 Å². The topological polar surface area (TPSA) is 105 Å². The molecule has 0 atom stereocenters. The summed E-state index contributed by atoms with van der Waals surface area (Å²) in [4.78, 5) is 23.3. The summed E-state index contributed by atoms with van der Waals surface area (Å²) in [6.45, 7) is 3.71. The van der Waals surface area contributed by atoms with E-state index in [1.807, 2.05) is 25.1 Å². The molecule has 192 valence electrons. The molecule has 3 aromatic heterocycles. The number of piperidine rings is 1. The highest BCUT2D eigenvalue weighted by atomic mass is 19.1. The van der Waals surface area contributed by atoms with Crippen LogP contribution in [0, 0.1) is 11.7 Å². The van der Waals surface area contributed by atoms with Gasteiger partial charge in [0.2, 0.25) is 0 Å². The lowest BCUT2D eigenvalue weighted by Gasteiger charge is -2.32. The Hall–Kier alpha value is -4.05. The molecule has 0 amide bonds. The summed E-state index contributed by atoms with van der Waals surface area (Å²) in [5.74, 6) is 0.628. The van der Waals surface area contributed by atoms with E-state index in [1.165, 1.54) is 10.7 Å². The van der Waals surface area contributed by atoms with Crippen molar-refractivity contribution in [2.24, 2.45) is 5.92 Å². The van der Waals surface area contributed by atoms with Gasteiger partial charge in [0.05, 0.1) is 53.2 Å². The number of hydrogen-bond donors (Lipinski definition) is 2. The molecule has 1 fully saturated rings. The summed E-state index contributed by atoms with van der Waals surface area (Å²) in [7, 11) is 0. The predicted molar refractivity (Wildman–Crippen MR) is 138 cm³/mol. The summed E-state index contributed by atoms with van der Waals surface area (Å²) in [5, 5.41) is 16.5. The van der Waals surface area contributed by atoms with E-state index in [0.717, 1.165) is 37.3 Å². The van der Waals surface area contributed by atoms with Gasteiger partial charge in [-0.1, -0.05) is 0 Å². The van der Waals surface area contributed by atoms with Crippen LogP contribution in [0.1, 0.15) is 31.9 Å². The molecular formula is C27H29FN6O3. The van der Waals surface area contributed by atoms with Crippen LogP contribution in [0.5, 0.6) is 0 Å². The number of benzene rings is 1. The van der Waals surface area contributed by atoms with Gasteiger partial charge < -0.3 is 20.1 Å². The van der Waals surface area contributed by atoms with E-state index >= 15 is 0 Å². The molecule has 4 aromatic rings. The smallest absolute Gasteiger partial charge is 0.306 e. The molecule has 37 heavy (non-hydrogen) atoms. The van der Waals surface area contributed by atoms with Crippen molar-refractivity contribution < 1.29 is 19.0 Å². The lowest BCUT2D eigenvalue weighted by atomic mass is 9.93. The Morgan fingerprint density at radius 1 is 1.16 bits per heavy atom. The lowest BCUT2D eigenvalue weighted by molar-refractivity contribution is -0.144. The first kappa shape index (κ1) is 24.6. The van der Waals surface area contributed by atoms with E-state index in [2.05, 4.69) is 20.3 Å². The van der Waals surface area contributed by atoms with Crippen molar-refractivity contribution >= 4 is 34.2 Å². The normalized spacial score (nSPS) is 14.2. The standard InChI is InChI=1S/C27H29FN6O3/c1-2-37-27(36)13-18-7-10-33(11-8-18)26-6-5-24-25(31-26)14-20(16-29-24)30-23-4-3-21(15-22(23)28)34-12-9-19(17-35)32-34/h3-6,9,12,14-16,18,30,35H,2,7-8,10-11,13,17H2,1H3. The van der Waals surface area contributed by atoms with Crippen LogP contribution in [-0.2, 0) is 16.1 Å². The number of esters is 1. The number of fused-ring (bicyclic) bond motifs is 1. The molecule has 0 saturated carbocycles. The van der Waals surface area contributed by atoms with Gasteiger partial charge >= 0.3 is 5.97 Å². The molecule has 1 aliphatic heterocycles. The summed E-state index contributed by atoms with van der Waals surface area (Å²) in [5.41, 5.74) is 3.45. The SMILES string of the molecule is CCOC(=O)CC1CCN(c2ccc3ncc(Nc4ccc(-n5ccc(CO)n5)cc4F)cc3n2)CC1. The summed E-state index contributed by atoms with van der Waals surface area (Å²) >= 11 is 0. The van der Waals surface area contributed by atoms with Crippen molar-refractivity contribution in [3.63, 3.8) is 0 Å². The fraction of sp³-hybridized carbons (Fsp3) is 0.333. The maximum Gasteiger partial charge on any atom is 0.306 e. The van der Waals surface area contributed by atoms with Gasteiger partial charge in [-0.25, -0.2) is 14.1 Å². The Labute approximate surface area is 213 Å². The molecule has 1 saturated heterocycles. The highest BCUT2D eigenvalue weighted by Gasteiger charge is 2.23. The number of pyridine rings is 2. The monoisotopic (exact) mass is 504 g/mol. The molecule has 0 bridgehead atoms. The summed E-state index contributed by atoms with van der Waals surface area (Å²) in [6.07, 6.45) is 5.61. The summed E-state index contributed by atoms with van der Waals surface area (Å²) in [6, 6.07) is 12.2. The number of aliphatic hydroxyl groups excluding tert-OH is 1. The molecule has 0 unspecified atom stereocenters. The van der Waals surface area contributed by atoms with Gasteiger partial charge in [0.1, 0.15) is 11.6 Å². The zero-order valence-corrected chi connectivity index (χ0v) is 20.6. The minimum absolute atomic E-state index is 0.126. The van der Waals surface area contributed by atoms with Crippen LogP contribution in [0.3, 0.4) is 0 Å². The molecule has 5 rings (SSSR count). The van der Waals surface area contributed by atoms with Gasteiger partial charge in [0.15, 0.2) is 0 Å². The minimum Gasteiger partial charge on any atom is -0.466 e. The molecule has 4 heterocycles. The van der Waals surface area contributed by atoms with Crippen molar-refractivity contribution in [1.29, 1.82) is 0 Å². The Kier molecular flexibility index (Phi) is 7.27. The zero-order chi connectivity index (χ0) is 25.8. The van der Waals surface area contributed by atoms with E-state index in [9.17, 15) is 14.3 Å². The second-order valence-corrected chi connectivity index (χ2v) is 9.07. The lowest BCUT2D eigenvalue weighted by Crippen LogP contribution is -2.35. The van der Waals surface area contributed by atoms with E-state index in [4.69, 9.17) is 9.72 Å². The van der Waals surface area contributed by atoms with Gasteiger partial charge in [0.25, 0.3) is 0 Å². The molecule has 2 N–H and O–H groups in total. The van der Waals surface area contributed by atoms with Crippen LogP contribution in [-0.4, -0.2) is 50.5 Å². The average Bonchev–Trinajstić information content (AvgIpc) is 3.39. The number of ether oxygens (including phenoxy) is 1. The molecular weight excluding hydrogens is 475 g/mol. The van der Waals surface area contributed by atoms with Crippen molar-refractivity contribution in [2.75, 3.05) is 29.9 Å². The van der Waals surface area contributed by atoms with E-state index in [1.54, 1.807) is 30.6 Å². The van der Waals surface area contributed by atoms with Crippen LogP contribution in [0.25, 0.3) is 16.7 Å². The fourth-order valence-corrected chi connectivity index (χ4v) is 4.56. The highest BCUT2D eigenvalue weighted by molar-refractivity contribution is 5.80. The average molecular weight is 505 g/mol. The number of rotatable bonds is 8. The number of halogens is 1. The van der Waals surface area contributed by atoms with Crippen molar-refractivity contribution in [2.45, 2.75) is 32.8 Å². The first-order valence-corrected chi connectivity index (χ1v) is 12.4. The second kappa shape index (κ2) is 10.9. The number of carbonyl (C=O) groups excluding carboxylic acids is 1. The first-order chi connectivity index (χ1) is 18.0. The molecule has 0 spiro atoms. The molecule has 10 heteroatoms. The Balaban J connectivity index is 1.27. The van der Waals surface area contributed by atoms with Crippen LogP contribution in [0.4, 0.5) is 21.6 Å². The van der Waals surface area contributed by atoms with Crippen LogP contribution in [0.15, 0.2) is 54.9 Å². The van der Waals surface area contributed by atoms with Crippen LogP contribution >= 0.6 is 0 Å². The number of nitrogens with zero attached hydrogens (tertiary/aromatic N) is 5. The van der Waals surface area contributed by atoms with Crippen LogP contribution in [0.2, 0.25) is 0 Å². The minimum atomic E-state index is -0.439. The van der Waals surface area contributed by atoms with Gasteiger partial charge in [-0.05, 0) is 62.1 Å². The number of aromatic nitrogens is 4. The van der Waals surface area contributed by atoms with Gasteiger partial charge in [-0.2, -0.15) is 5.10 Å². The molecule has 0 radical (unpaired) electrons. The van der Waals surface area contributed by atoms with Gasteiger partial charge in [0, 0.05) is 31.8 Å². The number of hydrogen-bond acceptors (Lipinski definition) is 8. The third kappa shape index (κ3) is 5.69. The zero-order valence-electron chi connectivity index (χ0n) is 20.6. The maximum absolute atomic E-state index is 14.9. The number of nitrogens with one attached hydrogen (secondary N) is 1. The van der Waals surface area contributed by atoms with E-state index < -0.39 is 5.82 Å². The quantitative estimate of drug-likeness (QED) is 0.341. The Morgan fingerprint density at radius 2 is 2.00 bits per heavy atom. The predicted octanol–water partition coefficient (Wildman–Crippen LogP) is 4.36. The molecule has 9 nitrogen and oxygen atoms in total. The molecule has 1 aliphatic rings. The second-order valence-electron chi connectivity index (χ2n) is 9.07. The third-order valence-electron chi connectivity index (χ3n) is 6.52. The van der Waals surface area contributed by atoms with Gasteiger partial charge in [-0.3, -0.25) is 9.78 Å². The molecule has 1 aromatic carbocycles. The Morgan fingerprint density at radius 3 is 2.73 bits per heavy atom. The van der Waals surface area contributed by atoms with E-state index in [0.29, 0.717) is 47.2 Å².